The van der Waals surface area contributed by atoms with E-state index in [-0.39, 0.29) is 0 Å². The van der Waals surface area contributed by atoms with Crippen LogP contribution in [0.15, 0.2) is 0 Å². The maximum Gasteiger partial charge on any atom is 0.478 e. The van der Waals surface area contributed by atoms with E-state index in [2.05, 4.69) is 0 Å². The summed E-state index contributed by atoms with van der Waals surface area (Å²) in [6.07, 6.45) is -15.2. The molecule has 4 aliphatic rings. The van der Waals surface area contributed by atoms with Crippen molar-refractivity contribution in [3.8, 4) is 0 Å². The molecule has 0 amide bonds. The molecule has 0 atom stereocenters. The van der Waals surface area contributed by atoms with E-state index in [0.717, 1.165) is 4.94 Å². The van der Waals surface area contributed by atoms with Crippen molar-refractivity contribution >= 4 is 0 Å². The third-order valence-corrected chi connectivity index (χ3v) is 5.94. The van der Waals surface area contributed by atoms with Crippen molar-refractivity contribution in [2.75, 3.05) is 0 Å². The summed E-state index contributed by atoms with van der Waals surface area (Å²) in [5.74, 6) is -50.6. The van der Waals surface area contributed by atoms with E-state index < -0.39 is 70.4 Å². The van der Waals surface area contributed by atoms with Gasteiger partial charge in [0.15, 0.2) is 0 Å². The van der Waals surface area contributed by atoms with Crippen LogP contribution >= 0.6 is 0 Å². The molecule has 0 aromatic heterocycles. The molecular weight excluding hydrogens is 556 g/mol. The number of rotatable bonds is 4. The van der Waals surface area contributed by atoms with Gasteiger partial charge in [0.1, 0.15) is 0 Å². The lowest BCUT2D eigenvalue weighted by atomic mass is 9.40. The zero-order chi connectivity index (χ0) is 27.4. The van der Waals surface area contributed by atoms with Gasteiger partial charge in [-0.1, -0.05) is 0 Å². The van der Waals surface area contributed by atoms with Crippen molar-refractivity contribution in [1.29, 1.82) is 0 Å². The first-order valence-corrected chi connectivity index (χ1v) is 7.61. The third-order valence-electron chi connectivity index (χ3n) is 5.94. The molecule has 200 valence electrons. The van der Waals surface area contributed by atoms with Crippen LogP contribution in [-0.4, -0.2) is 70.4 Å². The van der Waals surface area contributed by atoms with Crippen LogP contribution < -0.4 is 0 Å². The Morgan fingerprint density at radius 2 is 0.618 bits per heavy atom. The minimum Gasteiger partial charge on any atom is -0.287 e. The van der Waals surface area contributed by atoms with Crippen LogP contribution in [0.4, 0.5) is 87.9 Å². The normalized spacial score (nSPS) is 44.8. The number of ether oxygens (including phenoxy) is 1. The second-order valence-corrected chi connectivity index (χ2v) is 7.32. The van der Waals surface area contributed by atoms with Crippen molar-refractivity contribution in [3.63, 3.8) is 0 Å². The van der Waals surface area contributed by atoms with E-state index in [0.29, 0.717) is 0 Å². The number of halogens is 20. The molecule has 22 heteroatoms. The quantitative estimate of drug-likeness (QED) is 0.408. The summed E-state index contributed by atoms with van der Waals surface area (Å²) in [4.78, 5) is 1.05. The molecule has 0 unspecified atom stereocenters. The van der Waals surface area contributed by atoms with Crippen molar-refractivity contribution < 1.29 is 97.6 Å². The van der Waals surface area contributed by atoms with Gasteiger partial charge in [0.25, 0.3) is 5.60 Å². The van der Waals surface area contributed by atoms with Gasteiger partial charge >= 0.3 is 64.8 Å². The summed E-state index contributed by atoms with van der Waals surface area (Å²) in [5.41, 5.74) is -33.4. The Morgan fingerprint density at radius 1 is 0.382 bits per heavy atom. The van der Waals surface area contributed by atoms with Gasteiger partial charge in [0.2, 0.25) is 0 Å². The average Bonchev–Trinajstić information content (AvgIpc) is 2.65. The molecule has 0 aromatic rings. The van der Waals surface area contributed by atoms with Crippen LogP contribution in [0.25, 0.3) is 0 Å². The van der Waals surface area contributed by atoms with E-state index in [1.165, 1.54) is 0 Å². The highest BCUT2D eigenvalue weighted by molar-refractivity contribution is 5.54. The Balaban J connectivity index is 2.65. The van der Waals surface area contributed by atoms with E-state index >= 15 is 0 Å². The smallest absolute Gasteiger partial charge is 0.287 e. The molecule has 4 bridgehead atoms. The maximum absolute atomic E-state index is 14.6. The van der Waals surface area contributed by atoms with Crippen molar-refractivity contribution in [2.24, 2.45) is 0 Å². The SMILES string of the molecule is FOC(F)(F)C(F)(F)OC12C(F)(F)C3(F)C(F)(F)C(F)(C(F)(F)C(F)(C3(F)F)C1(F)F)C2(F)F. The first-order chi connectivity index (χ1) is 14.5. The van der Waals surface area contributed by atoms with Crippen molar-refractivity contribution in [3.05, 3.63) is 0 Å². The van der Waals surface area contributed by atoms with E-state index in [1.54, 1.807) is 4.74 Å². The van der Waals surface area contributed by atoms with Gasteiger partial charge in [-0.3, -0.25) is 4.74 Å². The molecule has 0 aromatic carbocycles. The first-order valence-electron chi connectivity index (χ1n) is 7.61. The van der Waals surface area contributed by atoms with Crippen molar-refractivity contribution in [2.45, 2.75) is 70.4 Å². The van der Waals surface area contributed by atoms with Gasteiger partial charge in [-0.05, 0) is 4.53 Å². The van der Waals surface area contributed by atoms with E-state index in [1.807, 2.05) is 0 Å². The van der Waals surface area contributed by atoms with Gasteiger partial charge in [-0.15, -0.1) is 4.94 Å². The Hall–Kier alpha value is -1.48. The number of alkyl halides is 19. The molecule has 0 radical (unpaired) electrons. The predicted molar refractivity (Wildman–Crippen MR) is 57.1 cm³/mol. The topological polar surface area (TPSA) is 18.5 Å². The fourth-order valence-electron chi connectivity index (χ4n) is 4.29. The highest BCUT2D eigenvalue weighted by atomic mass is 19.4. The zero-order valence-corrected chi connectivity index (χ0v) is 14.4. The van der Waals surface area contributed by atoms with Crippen LogP contribution in [0, 0.1) is 0 Å². The highest BCUT2D eigenvalue weighted by Gasteiger charge is 3.23. The first kappa shape index (κ1) is 27.1. The van der Waals surface area contributed by atoms with Gasteiger partial charge in [-0.2, -0.15) is 70.2 Å². The molecule has 2 nitrogen and oxygen atoms in total. The Bertz CT molecular complexity index is 809. The summed E-state index contributed by atoms with van der Waals surface area (Å²) in [6, 6.07) is 0. The fourth-order valence-corrected chi connectivity index (χ4v) is 4.29. The third kappa shape index (κ3) is 1.72. The van der Waals surface area contributed by atoms with E-state index in [9.17, 15) is 87.9 Å². The summed E-state index contributed by atoms with van der Waals surface area (Å²) >= 11 is 0. The maximum atomic E-state index is 14.6. The second-order valence-electron chi connectivity index (χ2n) is 7.32. The van der Waals surface area contributed by atoms with E-state index in [4.69, 9.17) is 0 Å². The molecule has 0 aliphatic heterocycles. The summed E-state index contributed by atoms with van der Waals surface area (Å²) in [7, 11) is 0. The zero-order valence-electron chi connectivity index (χ0n) is 14.4. The lowest BCUT2D eigenvalue weighted by molar-refractivity contribution is -0.639. The molecule has 4 rings (SSSR count). The molecule has 0 N–H and O–H groups in total. The Morgan fingerprint density at radius 3 is 0.824 bits per heavy atom. The van der Waals surface area contributed by atoms with Crippen molar-refractivity contribution in [1.82, 2.24) is 0 Å². The fraction of sp³-hybridized carbons (Fsp3) is 1.00. The minimum atomic E-state index is -8.53. The van der Waals surface area contributed by atoms with Crippen LogP contribution in [-0.2, 0) is 9.68 Å². The Kier molecular flexibility index (Phi) is 4.45. The second kappa shape index (κ2) is 5.58. The molecule has 0 spiro atoms. The van der Waals surface area contributed by atoms with Crippen LogP contribution in [0.2, 0.25) is 0 Å². The van der Waals surface area contributed by atoms with Crippen LogP contribution in [0.5, 0.6) is 0 Å². The lowest BCUT2D eigenvalue weighted by Gasteiger charge is -2.74. The standard InChI is InChI=1S/C12F20O2/c13-1-5(16,17)2(14)7(20,21)3(15,6(1,18)19)10(26,27)4(8(1,22)23,9(2,24)25)33-11(28,29)12(30,31)34-32. The number of hydrogen-bond acceptors (Lipinski definition) is 2. The lowest BCUT2D eigenvalue weighted by Crippen LogP contribution is -3.10. The monoisotopic (exact) mass is 556 g/mol. The van der Waals surface area contributed by atoms with Gasteiger partial charge in [-0.25, -0.2) is 13.2 Å². The predicted octanol–water partition coefficient (Wildman–Crippen LogP) is 5.81. The summed E-state index contributed by atoms with van der Waals surface area (Å²) in [5, 5.41) is 0. The molecule has 4 saturated carbocycles. The molecule has 0 heterocycles. The molecule has 4 fully saturated rings. The summed E-state index contributed by atoms with van der Waals surface area (Å²) in [6.45, 7) is 0. The van der Waals surface area contributed by atoms with Gasteiger partial charge in [0.05, 0.1) is 0 Å². The van der Waals surface area contributed by atoms with Gasteiger partial charge in [0, 0.05) is 0 Å². The van der Waals surface area contributed by atoms with Crippen LogP contribution in [0.3, 0.4) is 0 Å². The minimum absolute atomic E-state index is 1.05. The summed E-state index contributed by atoms with van der Waals surface area (Å²) < 4.78 is 280. The molecular formula is C12F20O2. The largest absolute Gasteiger partial charge is 0.478 e. The van der Waals surface area contributed by atoms with Crippen LogP contribution in [0.1, 0.15) is 0 Å². The van der Waals surface area contributed by atoms with Gasteiger partial charge < -0.3 is 0 Å². The molecule has 4 aliphatic carbocycles. The molecule has 0 saturated heterocycles. The molecule has 34 heavy (non-hydrogen) atoms. The average molecular weight is 556 g/mol. The highest BCUT2D eigenvalue weighted by Crippen LogP contribution is 2.89. The number of hydrogen-bond donors (Lipinski definition) is 0. The Labute approximate surface area is 169 Å².